The Kier molecular flexibility index (Phi) is 18.8. The van der Waals surface area contributed by atoms with E-state index in [1.165, 1.54) is 82.5 Å². The number of nitrogens with zero attached hydrogens (tertiary/aromatic N) is 3. The Labute approximate surface area is 291 Å². The number of anilines is 1. The number of likely N-dealkylation sites (tertiary alicyclic amines) is 1. The van der Waals surface area contributed by atoms with Crippen LogP contribution in [0.4, 0.5) is 5.69 Å². The van der Waals surface area contributed by atoms with Crippen LogP contribution in [0, 0.1) is 0 Å². The first-order chi connectivity index (χ1) is 22.7. The number of aryl methyl sites for hydroxylation is 2. The standard InChI is InChI=1S/C26H33N3O3.C7H16.C5H11N.C2H4O/c1-9-16-11-10-12-17-13-21(29(7)22(16)17)24(30)27-20-15-18(26(2,3)4)14-19(23(20)32-8)25(31)28(5)6;1-3-5-7-6-4-2;1-6-4-2-3-5-6;1-2-3/h10-15H,9H2,1-8H3,(H,27,30);3-7H2,1-2H3;2-5H2,1H3;2H,1H3. The molecular formula is C40H64N4O4. The van der Waals surface area contributed by atoms with E-state index in [-0.39, 0.29) is 17.2 Å². The molecule has 1 fully saturated rings. The fraction of sp³-hybridized carbons (Fsp3) is 0.575. The van der Waals surface area contributed by atoms with Gasteiger partial charge in [0, 0.05) is 26.5 Å². The van der Waals surface area contributed by atoms with Gasteiger partial charge in [0.25, 0.3) is 11.8 Å². The van der Waals surface area contributed by atoms with E-state index in [9.17, 15) is 9.59 Å². The Bertz CT molecular complexity index is 1430. The predicted octanol–water partition coefficient (Wildman–Crippen LogP) is 8.89. The summed E-state index contributed by atoms with van der Waals surface area (Å²) in [7, 11) is 8.99. The number of fused-ring (bicyclic) bond motifs is 1. The van der Waals surface area contributed by atoms with Crippen LogP contribution in [-0.4, -0.2) is 73.8 Å². The van der Waals surface area contributed by atoms with Crippen molar-refractivity contribution in [1.29, 1.82) is 0 Å². The Morgan fingerprint density at radius 1 is 0.958 bits per heavy atom. The number of carbonyl (C=O) groups excluding carboxylic acids is 3. The highest BCUT2D eigenvalue weighted by molar-refractivity contribution is 6.09. The molecule has 0 unspecified atom stereocenters. The summed E-state index contributed by atoms with van der Waals surface area (Å²) in [5.41, 5.74) is 4.41. The van der Waals surface area contributed by atoms with Gasteiger partial charge >= 0.3 is 0 Å². The fourth-order valence-electron chi connectivity index (χ4n) is 5.52. The van der Waals surface area contributed by atoms with Crippen molar-refractivity contribution in [3.05, 3.63) is 58.8 Å². The van der Waals surface area contributed by atoms with Crippen molar-refractivity contribution in [3.8, 4) is 5.75 Å². The van der Waals surface area contributed by atoms with Gasteiger partial charge in [-0.15, -0.1) is 0 Å². The zero-order valence-corrected chi connectivity index (χ0v) is 32.1. The predicted molar refractivity (Wildman–Crippen MR) is 203 cm³/mol. The molecular weight excluding hydrogens is 600 g/mol. The highest BCUT2D eigenvalue weighted by Crippen LogP contribution is 2.36. The van der Waals surface area contributed by atoms with Crippen LogP contribution in [0.15, 0.2) is 36.4 Å². The summed E-state index contributed by atoms with van der Waals surface area (Å²) >= 11 is 0. The van der Waals surface area contributed by atoms with Gasteiger partial charge in [0.1, 0.15) is 12.0 Å². The van der Waals surface area contributed by atoms with Gasteiger partial charge in [-0.3, -0.25) is 9.59 Å². The van der Waals surface area contributed by atoms with Crippen LogP contribution < -0.4 is 10.1 Å². The summed E-state index contributed by atoms with van der Waals surface area (Å²) in [4.78, 5) is 38.9. The zero-order chi connectivity index (χ0) is 36.4. The van der Waals surface area contributed by atoms with Crippen molar-refractivity contribution >= 4 is 34.7 Å². The number of ether oxygens (including phenoxy) is 1. The molecule has 0 atom stereocenters. The molecule has 3 aromatic rings. The van der Waals surface area contributed by atoms with Gasteiger partial charge in [0.2, 0.25) is 0 Å². The van der Waals surface area contributed by atoms with Gasteiger partial charge in [-0.05, 0) is 81.1 Å². The number of rotatable bonds is 9. The smallest absolute Gasteiger partial charge is 0.272 e. The van der Waals surface area contributed by atoms with Crippen LogP contribution in [0.3, 0.4) is 0 Å². The molecule has 0 bridgehead atoms. The molecule has 2 aromatic carbocycles. The first kappa shape index (κ1) is 42.4. The second-order valence-corrected chi connectivity index (χ2v) is 13.6. The number of amides is 2. The molecule has 0 radical (unpaired) electrons. The zero-order valence-electron chi connectivity index (χ0n) is 32.1. The highest BCUT2D eigenvalue weighted by Gasteiger charge is 2.25. The number of para-hydroxylation sites is 1. The van der Waals surface area contributed by atoms with Crippen molar-refractivity contribution in [2.75, 3.05) is 46.7 Å². The molecule has 0 spiro atoms. The van der Waals surface area contributed by atoms with Crippen LogP contribution in [0.2, 0.25) is 0 Å². The van der Waals surface area contributed by atoms with Gasteiger partial charge in [-0.1, -0.05) is 91.8 Å². The molecule has 1 N–H and O–H groups in total. The third-order valence-electron chi connectivity index (χ3n) is 8.33. The number of aromatic nitrogens is 1. The maximum Gasteiger partial charge on any atom is 0.272 e. The van der Waals surface area contributed by atoms with E-state index < -0.39 is 0 Å². The normalized spacial score (nSPS) is 12.5. The number of aldehydes is 1. The average molecular weight is 665 g/mol. The minimum atomic E-state index is -0.252. The van der Waals surface area contributed by atoms with Crippen molar-refractivity contribution in [2.45, 2.75) is 105 Å². The molecule has 2 heterocycles. The molecule has 1 aliphatic rings. The Morgan fingerprint density at radius 2 is 1.54 bits per heavy atom. The second-order valence-electron chi connectivity index (χ2n) is 13.6. The minimum Gasteiger partial charge on any atom is -0.494 e. The lowest BCUT2D eigenvalue weighted by Crippen LogP contribution is -2.25. The summed E-state index contributed by atoms with van der Waals surface area (Å²) in [5, 5.41) is 4.03. The van der Waals surface area contributed by atoms with Crippen LogP contribution in [0.5, 0.6) is 5.75 Å². The summed E-state index contributed by atoms with van der Waals surface area (Å²) in [6.07, 6.45) is 11.5. The maximum atomic E-state index is 13.4. The van der Waals surface area contributed by atoms with E-state index in [0.29, 0.717) is 22.7 Å². The molecule has 0 saturated carbocycles. The molecule has 1 aromatic heterocycles. The van der Waals surface area contributed by atoms with E-state index >= 15 is 0 Å². The number of methoxy groups -OCH3 is 1. The first-order valence-corrected chi connectivity index (χ1v) is 17.6. The third kappa shape index (κ3) is 12.8. The highest BCUT2D eigenvalue weighted by atomic mass is 16.5. The van der Waals surface area contributed by atoms with Crippen molar-refractivity contribution in [2.24, 2.45) is 7.05 Å². The number of hydrogen-bond donors (Lipinski definition) is 1. The lowest BCUT2D eigenvalue weighted by atomic mass is 9.85. The van der Waals surface area contributed by atoms with E-state index in [4.69, 9.17) is 9.53 Å². The fourth-order valence-corrected chi connectivity index (χ4v) is 5.52. The van der Waals surface area contributed by atoms with Gasteiger partial charge in [-0.25, -0.2) is 0 Å². The molecule has 4 rings (SSSR count). The molecule has 8 nitrogen and oxygen atoms in total. The van der Waals surface area contributed by atoms with E-state index in [0.717, 1.165) is 29.2 Å². The number of unbranched alkanes of at least 4 members (excludes halogenated alkanes) is 4. The number of carbonyl (C=O) groups is 3. The Balaban J connectivity index is 0.000000590. The second kappa shape index (κ2) is 21.3. The number of nitrogens with one attached hydrogen (secondary N) is 1. The molecule has 0 aliphatic carbocycles. The summed E-state index contributed by atoms with van der Waals surface area (Å²) in [6, 6.07) is 11.7. The molecule has 2 amide bonds. The molecule has 8 heteroatoms. The quantitative estimate of drug-likeness (QED) is 0.182. The maximum absolute atomic E-state index is 13.4. The van der Waals surface area contributed by atoms with Gasteiger partial charge < -0.3 is 29.2 Å². The summed E-state index contributed by atoms with van der Waals surface area (Å²) < 4.78 is 7.53. The van der Waals surface area contributed by atoms with Crippen LogP contribution in [0.1, 0.15) is 125 Å². The van der Waals surface area contributed by atoms with Crippen molar-refractivity contribution in [3.63, 3.8) is 0 Å². The Hall–Kier alpha value is -3.65. The minimum absolute atomic E-state index is 0.180. The Morgan fingerprint density at radius 3 is 1.98 bits per heavy atom. The topological polar surface area (TPSA) is 83.9 Å². The van der Waals surface area contributed by atoms with Gasteiger partial charge in [-0.2, -0.15) is 0 Å². The lowest BCUT2D eigenvalue weighted by Gasteiger charge is -2.24. The van der Waals surface area contributed by atoms with Gasteiger partial charge in [0.15, 0.2) is 5.75 Å². The van der Waals surface area contributed by atoms with Crippen LogP contribution >= 0.6 is 0 Å². The SMILES string of the molecule is CC=O.CCCCCCC.CCc1cccc2cc(C(=O)Nc3cc(C(C)(C)C)cc(C(=O)N(C)C)c3OC)n(C)c12.CN1CCCC1. The van der Waals surface area contributed by atoms with E-state index in [1.807, 2.05) is 41.9 Å². The van der Waals surface area contributed by atoms with Gasteiger partial charge in [0.05, 0.1) is 23.9 Å². The lowest BCUT2D eigenvalue weighted by molar-refractivity contribution is -0.106. The van der Waals surface area contributed by atoms with Crippen molar-refractivity contribution < 1.29 is 19.1 Å². The molecule has 1 aliphatic heterocycles. The van der Waals surface area contributed by atoms with Crippen LogP contribution in [0.25, 0.3) is 10.9 Å². The number of hydrogen-bond acceptors (Lipinski definition) is 5. The molecule has 1 saturated heterocycles. The third-order valence-corrected chi connectivity index (χ3v) is 8.33. The first-order valence-electron chi connectivity index (χ1n) is 17.6. The van der Waals surface area contributed by atoms with E-state index in [2.05, 4.69) is 64.9 Å². The van der Waals surface area contributed by atoms with Crippen LogP contribution in [-0.2, 0) is 23.7 Å². The monoisotopic (exact) mass is 664 g/mol. The molecule has 48 heavy (non-hydrogen) atoms. The summed E-state index contributed by atoms with van der Waals surface area (Å²) in [5.74, 6) is -0.0722. The largest absolute Gasteiger partial charge is 0.494 e. The molecule has 268 valence electrons. The van der Waals surface area contributed by atoms with Crippen molar-refractivity contribution in [1.82, 2.24) is 14.4 Å². The summed E-state index contributed by atoms with van der Waals surface area (Å²) in [6.45, 7) is 16.9. The average Bonchev–Trinajstić information content (AvgIpc) is 3.67. The van der Waals surface area contributed by atoms with E-state index in [1.54, 1.807) is 14.1 Å². The number of benzene rings is 2.